The summed E-state index contributed by atoms with van der Waals surface area (Å²) >= 11 is 1.54. The van der Waals surface area contributed by atoms with Crippen LogP contribution in [0, 0.1) is 12.7 Å². The molecule has 0 aliphatic carbocycles. The summed E-state index contributed by atoms with van der Waals surface area (Å²) in [5.41, 5.74) is 3.05. The molecule has 0 unspecified atom stereocenters. The second-order valence-corrected chi connectivity index (χ2v) is 5.13. The molecule has 4 nitrogen and oxygen atoms in total. The Morgan fingerprint density at radius 1 is 1.53 bits per heavy atom. The van der Waals surface area contributed by atoms with E-state index in [0.717, 1.165) is 10.6 Å². The number of carboxylic acids is 1. The molecule has 6 heteroatoms. The lowest BCUT2D eigenvalue weighted by atomic mass is 10.2. The average Bonchev–Trinajstić information content (AvgIpc) is 2.74. The molecule has 0 bridgehead atoms. The largest absolute Gasteiger partial charge is 0.478 e. The van der Waals surface area contributed by atoms with Gasteiger partial charge in [0.05, 0.1) is 23.3 Å². The first-order valence-electron chi connectivity index (χ1n) is 5.62. The van der Waals surface area contributed by atoms with Crippen molar-refractivity contribution in [3.63, 3.8) is 0 Å². The molecule has 0 aliphatic rings. The van der Waals surface area contributed by atoms with E-state index >= 15 is 0 Å². The summed E-state index contributed by atoms with van der Waals surface area (Å²) in [5.74, 6) is -1.98. The predicted molar refractivity (Wildman–Crippen MR) is 72.3 cm³/mol. The standard InChI is InChI=1S/C13H13FN2O2S/c1-8-12(19-7-15-8)6-16(2)9-3-4-10(13(17)18)11(14)5-9/h3-5,7H,6H2,1-2H3,(H,17,18). The minimum Gasteiger partial charge on any atom is -0.478 e. The summed E-state index contributed by atoms with van der Waals surface area (Å²) in [6.07, 6.45) is 0. The summed E-state index contributed by atoms with van der Waals surface area (Å²) < 4.78 is 13.6. The van der Waals surface area contributed by atoms with Crippen LogP contribution in [-0.2, 0) is 6.54 Å². The van der Waals surface area contributed by atoms with E-state index in [4.69, 9.17) is 5.11 Å². The van der Waals surface area contributed by atoms with E-state index in [9.17, 15) is 9.18 Å². The van der Waals surface area contributed by atoms with Gasteiger partial charge >= 0.3 is 5.97 Å². The Bertz CT molecular complexity index is 612. The van der Waals surface area contributed by atoms with Gasteiger partial charge in [-0.25, -0.2) is 14.2 Å². The summed E-state index contributed by atoms with van der Waals surface area (Å²) in [5, 5.41) is 8.78. The molecule has 1 N–H and O–H groups in total. The number of carbonyl (C=O) groups is 1. The highest BCUT2D eigenvalue weighted by molar-refractivity contribution is 7.09. The normalized spacial score (nSPS) is 10.5. The van der Waals surface area contributed by atoms with Gasteiger partial charge in [0.15, 0.2) is 0 Å². The Balaban J connectivity index is 2.20. The Morgan fingerprint density at radius 3 is 2.79 bits per heavy atom. The maximum absolute atomic E-state index is 13.6. The second kappa shape index (κ2) is 5.36. The SMILES string of the molecule is Cc1ncsc1CN(C)c1ccc(C(=O)O)c(F)c1. The fourth-order valence-electron chi connectivity index (χ4n) is 1.70. The Morgan fingerprint density at radius 2 is 2.26 bits per heavy atom. The van der Waals surface area contributed by atoms with Crippen molar-refractivity contribution in [3.8, 4) is 0 Å². The molecule has 1 aromatic carbocycles. The molecule has 0 saturated carbocycles. The molecular weight excluding hydrogens is 267 g/mol. The van der Waals surface area contributed by atoms with Crippen molar-refractivity contribution in [3.05, 3.63) is 45.7 Å². The summed E-state index contributed by atoms with van der Waals surface area (Å²) in [7, 11) is 1.83. The number of halogens is 1. The maximum atomic E-state index is 13.6. The lowest BCUT2D eigenvalue weighted by molar-refractivity contribution is 0.0692. The maximum Gasteiger partial charge on any atom is 0.338 e. The van der Waals surface area contributed by atoms with E-state index in [0.29, 0.717) is 12.2 Å². The molecular formula is C13H13FN2O2S. The van der Waals surface area contributed by atoms with Gasteiger partial charge in [-0.2, -0.15) is 0 Å². The number of anilines is 1. The number of nitrogens with zero attached hydrogens (tertiary/aromatic N) is 2. The van der Waals surface area contributed by atoms with Crippen molar-refractivity contribution in [2.24, 2.45) is 0 Å². The number of carboxylic acid groups (broad SMARTS) is 1. The number of aromatic carboxylic acids is 1. The van der Waals surface area contributed by atoms with Crippen molar-refractivity contribution in [2.45, 2.75) is 13.5 Å². The van der Waals surface area contributed by atoms with Crippen molar-refractivity contribution in [2.75, 3.05) is 11.9 Å². The van der Waals surface area contributed by atoms with Gasteiger partial charge in [-0.15, -0.1) is 11.3 Å². The molecule has 0 atom stereocenters. The monoisotopic (exact) mass is 280 g/mol. The molecule has 2 rings (SSSR count). The van der Waals surface area contributed by atoms with Crippen molar-refractivity contribution < 1.29 is 14.3 Å². The zero-order chi connectivity index (χ0) is 14.0. The quantitative estimate of drug-likeness (QED) is 0.935. The molecule has 0 fully saturated rings. The van der Waals surface area contributed by atoms with Crippen LogP contribution in [0.25, 0.3) is 0 Å². The molecule has 0 radical (unpaired) electrons. The minimum atomic E-state index is -1.26. The molecule has 0 spiro atoms. The molecule has 1 heterocycles. The van der Waals surface area contributed by atoms with E-state index in [1.165, 1.54) is 12.1 Å². The fourth-order valence-corrected chi connectivity index (χ4v) is 2.53. The van der Waals surface area contributed by atoms with Crippen LogP contribution in [0.2, 0.25) is 0 Å². The van der Waals surface area contributed by atoms with Gasteiger partial charge in [0.1, 0.15) is 5.82 Å². The van der Waals surface area contributed by atoms with Gasteiger partial charge in [-0.1, -0.05) is 0 Å². The Labute approximate surface area is 114 Å². The van der Waals surface area contributed by atoms with Crippen LogP contribution in [0.15, 0.2) is 23.7 Å². The van der Waals surface area contributed by atoms with Crippen LogP contribution in [0.5, 0.6) is 0 Å². The summed E-state index contributed by atoms with van der Waals surface area (Å²) in [6, 6.07) is 4.12. The van der Waals surface area contributed by atoms with Crippen molar-refractivity contribution in [1.82, 2.24) is 4.98 Å². The molecule has 1 aromatic heterocycles. The molecule has 2 aromatic rings. The third-order valence-electron chi connectivity index (χ3n) is 2.85. The highest BCUT2D eigenvalue weighted by Gasteiger charge is 2.13. The van der Waals surface area contributed by atoms with E-state index in [1.807, 2.05) is 18.9 Å². The van der Waals surface area contributed by atoms with Crippen LogP contribution in [0.1, 0.15) is 20.9 Å². The Hall–Kier alpha value is -1.95. The van der Waals surface area contributed by atoms with Crippen LogP contribution in [0.3, 0.4) is 0 Å². The van der Waals surface area contributed by atoms with E-state index < -0.39 is 11.8 Å². The fraction of sp³-hybridized carbons (Fsp3) is 0.231. The zero-order valence-electron chi connectivity index (χ0n) is 10.6. The summed E-state index contributed by atoms with van der Waals surface area (Å²) in [6.45, 7) is 2.54. The van der Waals surface area contributed by atoms with Crippen LogP contribution in [-0.4, -0.2) is 23.1 Å². The number of benzene rings is 1. The number of aromatic nitrogens is 1. The number of hydrogen-bond acceptors (Lipinski definition) is 4. The number of rotatable bonds is 4. The average molecular weight is 280 g/mol. The highest BCUT2D eigenvalue weighted by Crippen LogP contribution is 2.22. The van der Waals surface area contributed by atoms with E-state index in [-0.39, 0.29) is 5.56 Å². The van der Waals surface area contributed by atoms with Gasteiger partial charge in [0.2, 0.25) is 0 Å². The number of hydrogen-bond donors (Lipinski definition) is 1. The zero-order valence-corrected chi connectivity index (χ0v) is 11.4. The van der Waals surface area contributed by atoms with Crippen molar-refractivity contribution >= 4 is 23.0 Å². The Kier molecular flexibility index (Phi) is 3.80. The topological polar surface area (TPSA) is 53.4 Å². The first-order chi connectivity index (χ1) is 8.99. The number of thiazole rings is 1. The van der Waals surface area contributed by atoms with Gasteiger partial charge in [-0.3, -0.25) is 0 Å². The van der Waals surface area contributed by atoms with Crippen LogP contribution >= 0.6 is 11.3 Å². The van der Waals surface area contributed by atoms with Crippen LogP contribution < -0.4 is 4.90 Å². The molecule has 0 amide bonds. The first kappa shape index (κ1) is 13.5. The molecule has 19 heavy (non-hydrogen) atoms. The lowest BCUT2D eigenvalue weighted by Crippen LogP contribution is -2.16. The smallest absolute Gasteiger partial charge is 0.338 e. The highest BCUT2D eigenvalue weighted by atomic mass is 32.1. The second-order valence-electron chi connectivity index (χ2n) is 4.19. The minimum absolute atomic E-state index is 0.314. The number of aryl methyl sites for hydroxylation is 1. The van der Waals surface area contributed by atoms with E-state index in [2.05, 4.69) is 4.98 Å². The van der Waals surface area contributed by atoms with Gasteiger partial charge in [0.25, 0.3) is 0 Å². The first-order valence-corrected chi connectivity index (χ1v) is 6.50. The van der Waals surface area contributed by atoms with E-state index in [1.54, 1.807) is 22.9 Å². The molecule has 0 saturated heterocycles. The van der Waals surface area contributed by atoms with Crippen molar-refractivity contribution in [1.29, 1.82) is 0 Å². The van der Waals surface area contributed by atoms with Gasteiger partial charge < -0.3 is 10.0 Å². The molecule has 0 aliphatic heterocycles. The lowest BCUT2D eigenvalue weighted by Gasteiger charge is -2.19. The predicted octanol–water partition coefficient (Wildman–Crippen LogP) is 2.93. The molecule has 100 valence electrons. The van der Waals surface area contributed by atoms with Crippen LogP contribution in [0.4, 0.5) is 10.1 Å². The van der Waals surface area contributed by atoms with Gasteiger partial charge in [-0.05, 0) is 25.1 Å². The summed E-state index contributed by atoms with van der Waals surface area (Å²) in [4.78, 5) is 17.9. The third-order valence-corrected chi connectivity index (χ3v) is 3.77. The van der Waals surface area contributed by atoms with Gasteiger partial charge in [0, 0.05) is 17.6 Å². The third kappa shape index (κ3) is 2.90.